The summed E-state index contributed by atoms with van der Waals surface area (Å²) in [5.74, 6) is -0.595. The average Bonchev–Trinajstić information content (AvgIpc) is 2.40. The minimum absolute atomic E-state index is 0.0631. The van der Waals surface area contributed by atoms with Crippen molar-refractivity contribution in [2.45, 2.75) is 10.6 Å². The Balaban J connectivity index is 2.34. The summed E-state index contributed by atoms with van der Waals surface area (Å²) in [5, 5.41) is 11.0. The van der Waals surface area contributed by atoms with E-state index in [2.05, 4.69) is 15.9 Å². The predicted octanol–water partition coefficient (Wildman–Crippen LogP) is 3.39. The van der Waals surface area contributed by atoms with E-state index in [9.17, 15) is 18.7 Å². The second-order valence-corrected chi connectivity index (χ2v) is 6.54. The maximum absolute atomic E-state index is 13.0. The van der Waals surface area contributed by atoms with E-state index < -0.39 is 21.5 Å². The quantitative estimate of drug-likeness (QED) is 0.506. The highest BCUT2D eigenvalue weighted by Crippen LogP contribution is 2.27. The van der Waals surface area contributed by atoms with Crippen LogP contribution in [0.1, 0.15) is 5.56 Å². The Kier molecular flexibility index (Phi) is 4.69. The van der Waals surface area contributed by atoms with Gasteiger partial charge in [-0.05, 0) is 24.3 Å². The van der Waals surface area contributed by atoms with Crippen LogP contribution < -0.4 is 5.73 Å². The lowest BCUT2D eigenvalue weighted by Gasteiger charge is -2.07. The van der Waals surface area contributed by atoms with Crippen molar-refractivity contribution in [3.63, 3.8) is 0 Å². The Morgan fingerprint density at radius 3 is 2.62 bits per heavy atom. The maximum atomic E-state index is 13.0. The molecule has 21 heavy (non-hydrogen) atoms. The molecule has 0 heterocycles. The monoisotopic (exact) mass is 372 g/mol. The Morgan fingerprint density at radius 2 is 2.00 bits per heavy atom. The van der Waals surface area contributed by atoms with Gasteiger partial charge < -0.3 is 5.73 Å². The second-order valence-electron chi connectivity index (χ2n) is 4.20. The minimum Gasteiger partial charge on any atom is -0.398 e. The van der Waals surface area contributed by atoms with Gasteiger partial charge in [-0.15, -0.1) is 0 Å². The molecule has 8 heteroatoms. The fraction of sp³-hybridized carbons (Fsp3) is 0.0769. The van der Waals surface area contributed by atoms with Gasteiger partial charge in [-0.25, -0.2) is 4.39 Å². The average molecular weight is 373 g/mol. The molecule has 0 fully saturated rings. The molecule has 0 radical (unpaired) electrons. The molecular weight excluding hydrogens is 363 g/mol. The normalized spacial score (nSPS) is 12.1. The van der Waals surface area contributed by atoms with Crippen LogP contribution in [-0.2, 0) is 16.6 Å². The molecule has 2 aromatic rings. The number of nitro groups is 1. The number of anilines is 1. The van der Waals surface area contributed by atoms with Gasteiger partial charge in [0.1, 0.15) is 5.82 Å². The number of rotatable bonds is 4. The highest BCUT2D eigenvalue weighted by Gasteiger charge is 2.18. The molecule has 0 saturated carbocycles. The van der Waals surface area contributed by atoms with Gasteiger partial charge in [-0.2, -0.15) is 0 Å². The fourth-order valence-corrected chi connectivity index (χ4v) is 3.35. The van der Waals surface area contributed by atoms with Crippen LogP contribution in [0.4, 0.5) is 15.8 Å². The van der Waals surface area contributed by atoms with Crippen LogP contribution in [0.5, 0.6) is 0 Å². The zero-order valence-electron chi connectivity index (χ0n) is 10.6. The smallest absolute Gasteiger partial charge is 0.274 e. The van der Waals surface area contributed by atoms with Gasteiger partial charge in [-0.1, -0.05) is 22.0 Å². The first-order valence-electron chi connectivity index (χ1n) is 5.74. The first kappa shape index (κ1) is 15.6. The lowest BCUT2D eigenvalue weighted by atomic mass is 10.2. The van der Waals surface area contributed by atoms with E-state index in [0.717, 1.165) is 12.1 Å². The van der Waals surface area contributed by atoms with Crippen LogP contribution in [0.2, 0.25) is 0 Å². The topological polar surface area (TPSA) is 86.2 Å². The number of benzene rings is 2. The summed E-state index contributed by atoms with van der Waals surface area (Å²) in [6.07, 6.45) is 0. The highest BCUT2D eigenvalue weighted by atomic mass is 79.9. The molecule has 0 aliphatic rings. The van der Waals surface area contributed by atoms with Gasteiger partial charge in [-0.3, -0.25) is 14.3 Å². The summed E-state index contributed by atoms with van der Waals surface area (Å²) in [7, 11) is -1.60. The first-order valence-corrected chi connectivity index (χ1v) is 7.86. The van der Waals surface area contributed by atoms with Crippen molar-refractivity contribution in [1.29, 1.82) is 0 Å². The minimum atomic E-state index is -1.60. The Bertz CT molecular complexity index is 739. The molecule has 5 nitrogen and oxygen atoms in total. The first-order chi connectivity index (χ1) is 9.88. The Hall–Kier alpha value is -1.80. The zero-order valence-corrected chi connectivity index (χ0v) is 13.0. The van der Waals surface area contributed by atoms with Crippen molar-refractivity contribution in [2.24, 2.45) is 0 Å². The number of halogens is 2. The van der Waals surface area contributed by atoms with E-state index in [1.54, 1.807) is 6.07 Å². The standard InChI is InChI=1S/C13H10BrFN2O3S/c14-9-2-1-8(12(5-9)17(18)19)7-21(20)13-4-3-10(15)6-11(13)16/h1-6H,7,16H2. The van der Waals surface area contributed by atoms with Crippen molar-refractivity contribution in [3.05, 3.63) is 62.4 Å². The van der Waals surface area contributed by atoms with Gasteiger partial charge in [0, 0.05) is 16.1 Å². The van der Waals surface area contributed by atoms with Crippen molar-refractivity contribution >= 4 is 38.1 Å². The number of hydrogen-bond donors (Lipinski definition) is 1. The van der Waals surface area contributed by atoms with Crippen molar-refractivity contribution in [3.8, 4) is 0 Å². The summed E-state index contributed by atoms with van der Waals surface area (Å²) < 4.78 is 25.8. The van der Waals surface area contributed by atoms with Gasteiger partial charge in [0.2, 0.25) is 0 Å². The van der Waals surface area contributed by atoms with Gasteiger partial charge in [0.15, 0.2) is 0 Å². The molecule has 2 N–H and O–H groups in total. The largest absolute Gasteiger partial charge is 0.398 e. The fourth-order valence-electron chi connectivity index (χ4n) is 1.77. The summed E-state index contributed by atoms with van der Waals surface area (Å²) in [6, 6.07) is 8.06. The Labute approximate surface area is 130 Å². The molecule has 2 aromatic carbocycles. The highest BCUT2D eigenvalue weighted by molar-refractivity contribution is 9.10. The molecule has 1 unspecified atom stereocenters. The Morgan fingerprint density at radius 1 is 1.29 bits per heavy atom. The van der Waals surface area contributed by atoms with E-state index in [0.29, 0.717) is 10.0 Å². The number of hydrogen-bond acceptors (Lipinski definition) is 4. The van der Waals surface area contributed by atoms with Crippen molar-refractivity contribution in [2.75, 3.05) is 5.73 Å². The van der Waals surface area contributed by atoms with E-state index >= 15 is 0 Å². The molecule has 1 atom stereocenters. The maximum Gasteiger partial charge on any atom is 0.274 e. The molecule has 0 spiro atoms. The number of nitro benzene ring substituents is 1. The van der Waals surface area contributed by atoms with Gasteiger partial charge in [0.05, 0.1) is 32.1 Å². The third kappa shape index (κ3) is 3.64. The zero-order chi connectivity index (χ0) is 15.6. The second kappa shape index (κ2) is 6.31. The van der Waals surface area contributed by atoms with Crippen molar-refractivity contribution in [1.82, 2.24) is 0 Å². The van der Waals surface area contributed by atoms with Crippen LogP contribution in [0, 0.1) is 15.9 Å². The summed E-state index contributed by atoms with van der Waals surface area (Å²) in [4.78, 5) is 10.7. The van der Waals surface area contributed by atoms with E-state index in [4.69, 9.17) is 5.73 Å². The van der Waals surface area contributed by atoms with Crippen LogP contribution in [0.3, 0.4) is 0 Å². The van der Waals surface area contributed by atoms with Crippen molar-refractivity contribution < 1.29 is 13.5 Å². The number of nitrogen functional groups attached to an aromatic ring is 1. The number of nitrogens with zero attached hydrogens (tertiary/aromatic N) is 1. The van der Waals surface area contributed by atoms with E-state index in [1.165, 1.54) is 18.2 Å². The predicted molar refractivity (Wildman–Crippen MR) is 81.7 cm³/mol. The summed E-state index contributed by atoms with van der Waals surface area (Å²) >= 11 is 3.15. The van der Waals surface area contributed by atoms with Gasteiger partial charge in [0.25, 0.3) is 5.69 Å². The molecule has 2 rings (SSSR count). The van der Waals surface area contributed by atoms with E-state index in [-0.39, 0.29) is 22.0 Å². The van der Waals surface area contributed by atoms with Crippen LogP contribution >= 0.6 is 15.9 Å². The van der Waals surface area contributed by atoms with Crippen LogP contribution in [0.25, 0.3) is 0 Å². The lowest BCUT2D eigenvalue weighted by molar-refractivity contribution is -0.385. The van der Waals surface area contributed by atoms with E-state index in [1.807, 2.05) is 0 Å². The lowest BCUT2D eigenvalue weighted by Crippen LogP contribution is -2.03. The van der Waals surface area contributed by atoms with Crippen LogP contribution in [0.15, 0.2) is 45.8 Å². The molecule has 0 aromatic heterocycles. The third-order valence-electron chi connectivity index (χ3n) is 2.75. The number of nitrogens with two attached hydrogens (primary N) is 1. The third-order valence-corrected chi connectivity index (χ3v) is 4.68. The molecule has 0 bridgehead atoms. The molecule has 0 saturated heterocycles. The molecule has 0 aliphatic carbocycles. The summed E-state index contributed by atoms with van der Waals surface area (Å²) in [5.41, 5.74) is 5.88. The molecule has 0 amide bonds. The SMILES string of the molecule is Nc1cc(F)ccc1S(=O)Cc1ccc(Br)cc1[N+](=O)[O-]. The molecular formula is C13H10BrFN2O3S. The van der Waals surface area contributed by atoms with Gasteiger partial charge >= 0.3 is 0 Å². The molecule has 110 valence electrons. The van der Waals surface area contributed by atoms with Crippen LogP contribution in [-0.4, -0.2) is 9.13 Å². The molecule has 0 aliphatic heterocycles. The summed E-state index contributed by atoms with van der Waals surface area (Å²) in [6.45, 7) is 0.